The van der Waals surface area contributed by atoms with Gasteiger partial charge in [-0.3, -0.25) is 5.01 Å². The Balaban J connectivity index is -0.000000744. The molecule has 3 heteroatoms. The van der Waals surface area contributed by atoms with Crippen LogP contribution in [0.1, 0.15) is 73.3 Å². The average molecular weight is 426 g/mol. The first-order chi connectivity index (χ1) is 15.0. The first kappa shape index (κ1) is 33.1. The summed E-state index contributed by atoms with van der Waals surface area (Å²) in [6.45, 7) is 19.2. The van der Waals surface area contributed by atoms with Gasteiger partial charge in [-0.05, 0) is 52.3 Å². The van der Waals surface area contributed by atoms with Gasteiger partial charge in [-0.2, -0.15) is 5.10 Å². The number of hydrazone groups is 1. The van der Waals surface area contributed by atoms with Crippen molar-refractivity contribution in [2.24, 2.45) is 5.10 Å². The maximum Gasteiger partial charge on any atom is 0.0662 e. The van der Waals surface area contributed by atoms with Gasteiger partial charge < -0.3 is 5.32 Å². The molecule has 174 valence electrons. The summed E-state index contributed by atoms with van der Waals surface area (Å²) in [4.78, 5) is 0. The van der Waals surface area contributed by atoms with Gasteiger partial charge in [0.1, 0.15) is 0 Å². The Morgan fingerprint density at radius 1 is 1.13 bits per heavy atom. The third-order valence-corrected chi connectivity index (χ3v) is 3.61. The molecule has 0 saturated carbocycles. The molecule has 0 aliphatic rings. The number of allylic oxidation sites excluding steroid dienone is 4. The highest BCUT2D eigenvalue weighted by Gasteiger charge is 2.08. The number of nitrogens with zero attached hydrogens (tertiary/aromatic N) is 2. The van der Waals surface area contributed by atoms with Crippen LogP contribution in [0.4, 0.5) is 0 Å². The van der Waals surface area contributed by atoms with Crippen LogP contribution < -0.4 is 5.32 Å². The quantitative estimate of drug-likeness (QED) is 0.191. The van der Waals surface area contributed by atoms with E-state index in [9.17, 15) is 0 Å². The molecule has 1 aromatic carbocycles. The number of rotatable bonds is 9. The Hall–Kier alpha value is -2.57. The van der Waals surface area contributed by atoms with Crippen LogP contribution in [0.2, 0.25) is 0 Å². The van der Waals surface area contributed by atoms with Gasteiger partial charge in [0.05, 0.1) is 12.8 Å². The Morgan fingerprint density at radius 2 is 1.65 bits per heavy atom. The van der Waals surface area contributed by atoms with Crippen molar-refractivity contribution in [1.82, 2.24) is 10.3 Å². The highest BCUT2D eigenvalue weighted by Crippen LogP contribution is 2.15. The van der Waals surface area contributed by atoms with Crippen molar-refractivity contribution in [2.45, 2.75) is 74.3 Å². The molecule has 1 N–H and O–H groups in total. The predicted octanol–water partition coefficient (Wildman–Crippen LogP) is 7.59. The lowest BCUT2D eigenvalue weighted by atomic mass is 10.2. The first-order valence-electron chi connectivity index (χ1n) is 11.2. The van der Waals surface area contributed by atoms with Gasteiger partial charge in [-0.1, -0.05) is 75.8 Å². The van der Waals surface area contributed by atoms with Crippen molar-refractivity contribution in [2.75, 3.05) is 13.6 Å². The zero-order chi connectivity index (χ0) is 24.3. The topological polar surface area (TPSA) is 27.6 Å². The molecule has 0 aliphatic carbocycles. The van der Waals surface area contributed by atoms with Crippen molar-refractivity contribution in [3.8, 4) is 12.3 Å². The lowest BCUT2D eigenvalue weighted by Gasteiger charge is -2.22. The predicted molar refractivity (Wildman–Crippen MR) is 143 cm³/mol. The highest BCUT2D eigenvalue weighted by atomic mass is 15.5. The molecular weight excluding hydrogens is 378 g/mol. The van der Waals surface area contributed by atoms with Crippen molar-refractivity contribution in [3.05, 3.63) is 72.0 Å². The van der Waals surface area contributed by atoms with E-state index in [-0.39, 0.29) is 0 Å². The minimum absolute atomic E-state index is 0.793. The van der Waals surface area contributed by atoms with Crippen LogP contribution in [0, 0.1) is 12.3 Å². The van der Waals surface area contributed by atoms with Crippen LogP contribution in [0.3, 0.4) is 0 Å². The van der Waals surface area contributed by atoms with E-state index in [1.807, 2.05) is 26.3 Å². The maximum absolute atomic E-state index is 4.73. The van der Waals surface area contributed by atoms with Crippen LogP contribution >= 0.6 is 0 Å². The molecule has 0 aliphatic heterocycles. The summed E-state index contributed by atoms with van der Waals surface area (Å²) in [5, 5.41) is 10.0. The van der Waals surface area contributed by atoms with E-state index in [0.29, 0.717) is 0 Å². The smallest absolute Gasteiger partial charge is 0.0662 e. The molecule has 0 spiro atoms. The normalized spacial score (nSPS) is 10.4. The number of hydrogen-bond acceptors (Lipinski definition) is 3. The second-order valence-corrected chi connectivity index (χ2v) is 6.54. The van der Waals surface area contributed by atoms with E-state index in [1.54, 1.807) is 13.0 Å². The monoisotopic (exact) mass is 425 g/mol. The molecule has 0 aromatic heterocycles. The molecule has 0 bridgehead atoms. The van der Waals surface area contributed by atoms with E-state index < -0.39 is 0 Å². The van der Waals surface area contributed by atoms with Crippen molar-refractivity contribution in [1.29, 1.82) is 0 Å². The van der Waals surface area contributed by atoms with Crippen molar-refractivity contribution in [3.63, 3.8) is 0 Å². The Bertz CT molecular complexity index is 634. The fourth-order valence-corrected chi connectivity index (χ4v) is 2.16. The molecule has 0 heterocycles. The fourth-order valence-electron chi connectivity index (χ4n) is 2.16. The molecule has 0 atom stereocenters. The summed E-state index contributed by atoms with van der Waals surface area (Å²) in [5.74, 6) is 2.25. The van der Waals surface area contributed by atoms with E-state index in [4.69, 9.17) is 5.10 Å². The number of terminal acetylenes is 1. The molecule has 0 amide bonds. The summed E-state index contributed by atoms with van der Waals surface area (Å²) >= 11 is 0. The molecule has 1 aromatic rings. The minimum Gasteiger partial charge on any atom is -0.319 e. The summed E-state index contributed by atoms with van der Waals surface area (Å²) in [6, 6.07) is 10.5. The van der Waals surface area contributed by atoms with Gasteiger partial charge in [0.15, 0.2) is 0 Å². The lowest BCUT2D eigenvalue weighted by molar-refractivity contribution is 0.343. The number of hydrogen-bond donors (Lipinski definition) is 1. The largest absolute Gasteiger partial charge is 0.319 e. The zero-order valence-corrected chi connectivity index (χ0v) is 21.4. The molecule has 0 radical (unpaired) electrons. The fraction of sp³-hybridized carbons (Fsp3) is 0.464. The second kappa shape index (κ2) is 27.4. The van der Waals surface area contributed by atoms with Gasteiger partial charge in [-0.25, -0.2) is 0 Å². The number of nitrogens with one attached hydrogen (secondary N) is 1. The summed E-state index contributed by atoms with van der Waals surface area (Å²) in [6.07, 6.45) is 15.8. The van der Waals surface area contributed by atoms with Gasteiger partial charge in [0.2, 0.25) is 0 Å². The van der Waals surface area contributed by atoms with E-state index in [0.717, 1.165) is 25.9 Å². The third-order valence-electron chi connectivity index (χ3n) is 3.61. The third kappa shape index (κ3) is 21.9. The van der Waals surface area contributed by atoms with E-state index in [1.165, 1.54) is 23.3 Å². The molecular formula is C28H47N3. The van der Waals surface area contributed by atoms with Crippen molar-refractivity contribution < 1.29 is 0 Å². The Labute approximate surface area is 194 Å². The number of benzene rings is 1. The van der Waals surface area contributed by atoms with Gasteiger partial charge in [0, 0.05) is 18.7 Å². The average Bonchev–Trinajstić information content (AvgIpc) is 2.77. The molecule has 1 rings (SSSR count). The Kier molecular flexibility index (Phi) is 29.3. The molecule has 0 unspecified atom stereocenters. The van der Waals surface area contributed by atoms with Crippen LogP contribution in [0.25, 0.3) is 0 Å². The molecule has 31 heavy (non-hydrogen) atoms. The minimum atomic E-state index is 0.793. The molecule has 0 fully saturated rings. The van der Waals surface area contributed by atoms with Crippen LogP contribution in [-0.4, -0.2) is 24.8 Å². The molecule has 0 saturated heterocycles. The SMILES string of the molecule is C#CC.C/C=C(/C=N/N(Cc1ccccc1)/C(=C/C)CCNC)CC.C=CC.CCC. The standard InChI is InChI=1S/C19H29N3.C3H8.C3H6.C3H4/c1-5-17(6-2)15-21-22(19(7-3)13-14-20-4)16-18-11-9-8-10-12-18;3*1-3-2/h5,7-12,15,20H,6,13-14,16H2,1-4H3;3H2,1-2H3;3H,1H2,2H3;1H,2H3/b17-5+,19-7+,21-15+;;;. The lowest BCUT2D eigenvalue weighted by Crippen LogP contribution is -2.20. The van der Waals surface area contributed by atoms with Gasteiger partial charge >= 0.3 is 0 Å². The van der Waals surface area contributed by atoms with Crippen LogP contribution in [-0.2, 0) is 6.54 Å². The second-order valence-electron chi connectivity index (χ2n) is 6.54. The summed E-state index contributed by atoms with van der Waals surface area (Å²) in [5.41, 5.74) is 3.75. The van der Waals surface area contributed by atoms with Crippen molar-refractivity contribution >= 4 is 6.21 Å². The maximum atomic E-state index is 4.73. The molecule has 3 nitrogen and oxygen atoms in total. The highest BCUT2D eigenvalue weighted by molar-refractivity contribution is 5.78. The first-order valence-corrected chi connectivity index (χ1v) is 11.2. The summed E-state index contributed by atoms with van der Waals surface area (Å²) < 4.78 is 0. The summed E-state index contributed by atoms with van der Waals surface area (Å²) in [7, 11) is 1.98. The van der Waals surface area contributed by atoms with Crippen LogP contribution in [0.15, 0.2) is 71.5 Å². The zero-order valence-electron chi connectivity index (χ0n) is 21.4. The van der Waals surface area contributed by atoms with E-state index in [2.05, 4.69) is 100 Å². The van der Waals surface area contributed by atoms with Gasteiger partial charge in [0.25, 0.3) is 0 Å². The van der Waals surface area contributed by atoms with E-state index >= 15 is 0 Å². The van der Waals surface area contributed by atoms with Gasteiger partial charge in [-0.15, -0.1) is 18.9 Å². The Morgan fingerprint density at radius 3 is 2.03 bits per heavy atom. The van der Waals surface area contributed by atoms with Crippen LogP contribution in [0.5, 0.6) is 0 Å².